The normalized spacial score (nSPS) is 11.5. The van der Waals surface area contributed by atoms with Gasteiger partial charge in [0.25, 0.3) is 0 Å². The minimum Gasteiger partial charge on any atom is -0.277 e. The van der Waals surface area contributed by atoms with Gasteiger partial charge in [-0.15, -0.1) is 0 Å². The SMILES string of the molecule is c1ccc(-c2nc(-n3c(-c4ccccc4)c(-c4c(-c5ccccc5)n(-c5nc(-c6ccccc6)c6ccccc6n5)c5ccccc45)c4ccccc43)nc3ccccc23)cc1. The molecule has 6 heteroatoms. The molecular weight excluding hydrogens is 757 g/mol. The van der Waals surface area contributed by atoms with Crippen molar-refractivity contribution in [1.29, 1.82) is 0 Å². The second kappa shape index (κ2) is 14.7. The lowest BCUT2D eigenvalue weighted by atomic mass is 9.93. The molecule has 12 rings (SSSR count). The summed E-state index contributed by atoms with van der Waals surface area (Å²) in [4.78, 5) is 21.7. The van der Waals surface area contributed by atoms with Gasteiger partial charge in [0.05, 0.1) is 44.8 Å². The number of hydrogen-bond donors (Lipinski definition) is 0. The first kappa shape index (κ1) is 35.5. The van der Waals surface area contributed by atoms with Gasteiger partial charge >= 0.3 is 0 Å². The number of hydrogen-bond acceptors (Lipinski definition) is 4. The molecule has 0 radical (unpaired) electrons. The van der Waals surface area contributed by atoms with Gasteiger partial charge in [0, 0.05) is 43.8 Å². The highest BCUT2D eigenvalue weighted by molar-refractivity contribution is 6.16. The van der Waals surface area contributed by atoms with Crippen LogP contribution in [0.3, 0.4) is 0 Å². The summed E-state index contributed by atoms with van der Waals surface area (Å²) in [5, 5.41) is 4.16. The van der Waals surface area contributed by atoms with Gasteiger partial charge in [0.1, 0.15) is 0 Å². The molecule has 8 aromatic carbocycles. The molecule has 6 nitrogen and oxygen atoms in total. The van der Waals surface area contributed by atoms with Crippen LogP contribution in [0, 0.1) is 0 Å². The molecule has 0 amide bonds. The second-order valence-electron chi connectivity index (χ2n) is 15.4. The number of fused-ring (bicyclic) bond motifs is 4. The predicted molar refractivity (Wildman–Crippen MR) is 253 cm³/mol. The summed E-state index contributed by atoms with van der Waals surface area (Å²) >= 11 is 0. The third-order valence-corrected chi connectivity index (χ3v) is 11.8. The molecule has 290 valence electrons. The summed E-state index contributed by atoms with van der Waals surface area (Å²) in [6, 6.07) is 76.0. The molecule has 0 unspecified atom stereocenters. The lowest BCUT2D eigenvalue weighted by molar-refractivity contribution is 0.987. The summed E-state index contributed by atoms with van der Waals surface area (Å²) in [7, 11) is 0. The van der Waals surface area contributed by atoms with Crippen LogP contribution in [0.4, 0.5) is 0 Å². The van der Waals surface area contributed by atoms with Crippen LogP contribution in [0.2, 0.25) is 0 Å². The molecule has 12 aromatic rings. The Labute approximate surface area is 357 Å². The van der Waals surface area contributed by atoms with Crippen LogP contribution in [0.15, 0.2) is 218 Å². The summed E-state index contributed by atoms with van der Waals surface area (Å²) in [6.45, 7) is 0. The van der Waals surface area contributed by atoms with Gasteiger partial charge in [0.2, 0.25) is 11.9 Å². The quantitative estimate of drug-likeness (QED) is 0.161. The van der Waals surface area contributed by atoms with E-state index >= 15 is 0 Å². The van der Waals surface area contributed by atoms with Crippen LogP contribution < -0.4 is 0 Å². The average molecular weight is 793 g/mol. The molecule has 0 aliphatic rings. The van der Waals surface area contributed by atoms with E-state index in [2.05, 4.69) is 203 Å². The number of nitrogens with zero attached hydrogens (tertiary/aromatic N) is 6. The van der Waals surface area contributed by atoms with E-state index in [1.54, 1.807) is 0 Å². The summed E-state index contributed by atoms with van der Waals surface area (Å²) in [6.07, 6.45) is 0. The van der Waals surface area contributed by atoms with Gasteiger partial charge in [0.15, 0.2) is 0 Å². The van der Waals surface area contributed by atoms with E-state index in [1.807, 2.05) is 24.3 Å². The van der Waals surface area contributed by atoms with Crippen molar-refractivity contribution in [3.63, 3.8) is 0 Å². The summed E-state index contributed by atoms with van der Waals surface area (Å²) in [5.41, 5.74) is 13.8. The fraction of sp³-hybridized carbons (Fsp3) is 0. The van der Waals surface area contributed by atoms with E-state index < -0.39 is 0 Å². The molecule has 0 aliphatic carbocycles. The van der Waals surface area contributed by atoms with Gasteiger partial charge < -0.3 is 0 Å². The van der Waals surface area contributed by atoms with Crippen LogP contribution >= 0.6 is 0 Å². The Morgan fingerprint density at radius 2 is 0.565 bits per heavy atom. The van der Waals surface area contributed by atoms with Crippen molar-refractivity contribution in [2.75, 3.05) is 0 Å². The van der Waals surface area contributed by atoms with Crippen molar-refractivity contribution in [3.8, 4) is 68.1 Å². The maximum Gasteiger partial charge on any atom is 0.235 e. The minimum absolute atomic E-state index is 0.597. The van der Waals surface area contributed by atoms with E-state index in [4.69, 9.17) is 19.9 Å². The zero-order chi connectivity index (χ0) is 41.0. The standard InChI is InChI=1S/C56H36N6/c1-5-21-37(22-6-1)51-41-29-13-17-33-45(41)57-55(59-51)61-47-35-19-15-31-43(47)49(53(61)39-25-9-3-10-26-39)50-44-32-16-20-36-48(44)62(54(50)40-27-11-4-12-28-40)56-58-46-34-18-14-30-42(46)52(60-56)38-23-7-2-8-24-38/h1-36H. The van der Waals surface area contributed by atoms with Crippen LogP contribution in [-0.4, -0.2) is 29.1 Å². The average Bonchev–Trinajstić information content (AvgIpc) is 3.87. The highest BCUT2D eigenvalue weighted by Gasteiger charge is 2.30. The summed E-state index contributed by atoms with van der Waals surface area (Å²) in [5.74, 6) is 1.19. The molecule has 4 heterocycles. The van der Waals surface area contributed by atoms with Crippen LogP contribution in [0.1, 0.15) is 0 Å². The van der Waals surface area contributed by atoms with Gasteiger partial charge in [-0.25, -0.2) is 19.9 Å². The lowest BCUT2D eigenvalue weighted by Gasteiger charge is -2.16. The minimum atomic E-state index is 0.597. The molecular formula is C56H36N6. The molecule has 0 atom stereocenters. The highest BCUT2D eigenvalue weighted by atomic mass is 15.2. The number of benzene rings is 8. The third kappa shape index (κ3) is 5.73. The number of para-hydroxylation sites is 4. The van der Waals surface area contributed by atoms with E-state index in [1.165, 1.54) is 0 Å². The van der Waals surface area contributed by atoms with Crippen LogP contribution in [0.5, 0.6) is 0 Å². The second-order valence-corrected chi connectivity index (χ2v) is 15.4. The van der Waals surface area contributed by atoms with Crippen molar-refractivity contribution >= 4 is 43.6 Å². The lowest BCUT2D eigenvalue weighted by Crippen LogP contribution is -2.06. The Balaban J connectivity index is 1.24. The Morgan fingerprint density at radius 3 is 0.952 bits per heavy atom. The molecule has 0 spiro atoms. The van der Waals surface area contributed by atoms with Crippen molar-refractivity contribution in [2.45, 2.75) is 0 Å². The fourth-order valence-corrected chi connectivity index (χ4v) is 9.10. The maximum absolute atomic E-state index is 5.47. The zero-order valence-electron chi connectivity index (χ0n) is 33.5. The first-order chi connectivity index (χ1) is 30.8. The van der Waals surface area contributed by atoms with E-state index in [-0.39, 0.29) is 0 Å². The van der Waals surface area contributed by atoms with Gasteiger partial charge in [-0.1, -0.05) is 194 Å². The molecule has 4 aromatic heterocycles. The molecule has 0 fully saturated rings. The van der Waals surface area contributed by atoms with Crippen LogP contribution in [0.25, 0.3) is 112 Å². The number of aromatic nitrogens is 6. The van der Waals surface area contributed by atoms with Gasteiger partial charge in [-0.05, 0) is 35.4 Å². The maximum atomic E-state index is 5.47. The molecule has 0 saturated carbocycles. The smallest absolute Gasteiger partial charge is 0.235 e. The predicted octanol–water partition coefficient (Wildman–Crippen LogP) is 13.8. The number of rotatable bonds is 7. The van der Waals surface area contributed by atoms with E-state index in [0.29, 0.717) is 11.9 Å². The van der Waals surface area contributed by atoms with Crippen molar-refractivity contribution in [2.24, 2.45) is 0 Å². The third-order valence-electron chi connectivity index (χ3n) is 11.8. The molecule has 62 heavy (non-hydrogen) atoms. The Morgan fingerprint density at radius 1 is 0.258 bits per heavy atom. The Kier molecular flexibility index (Phi) is 8.38. The van der Waals surface area contributed by atoms with Crippen LogP contribution in [-0.2, 0) is 0 Å². The largest absolute Gasteiger partial charge is 0.277 e. The first-order valence-electron chi connectivity index (χ1n) is 20.8. The molecule has 0 bridgehead atoms. The van der Waals surface area contributed by atoms with Gasteiger partial charge in [-0.3, -0.25) is 9.13 Å². The van der Waals surface area contributed by atoms with Crippen molar-refractivity contribution in [3.05, 3.63) is 218 Å². The monoisotopic (exact) mass is 792 g/mol. The topological polar surface area (TPSA) is 61.4 Å². The Bertz CT molecular complexity index is 3370. The zero-order valence-corrected chi connectivity index (χ0v) is 33.5. The first-order valence-corrected chi connectivity index (χ1v) is 20.8. The van der Waals surface area contributed by atoms with E-state index in [9.17, 15) is 0 Å². The van der Waals surface area contributed by atoms with E-state index in [0.717, 1.165) is 99.8 Å². The Hall–Kier alpha value is -8.48. The van der Waals surface area contributed by atoms with Crippen molar-refractivity contribution in [1.82, 2.24) is 29.1 Å². The molecule has 0 N–H and O–H groups in total. The molecule has 0 aliphatic heterocycles. The molecule has 0 saturated heterocycles. The summed E-state index contributed by atoms with van der Waals surface area (Å²) < 4.78 is 4.53. The van der Waals surface area contributed by atoms with Gasteiger partial charge in [-0.2, -0.15) is 0 Å². The van der Waals surface area contributed by atoms with Crippen molar-refractivity contribution < 1.29 is 0 Å². The highest BCUT2D eigenvalue weighted by Crippen LogP contribution is 2.50. The fourth-order valence-electron chi connectivity index (χ4n) is 9.10.